The quantitative estimate of drug-likeness (QED) is 0.480. The van der Waals surface area contributed by atoms with E-state index >= 15 is 0 Å². The van der Waals surface area contributed by atoms with Crippen LogP contribution < -0.4 is 5.32 Å². The maximum atomic E-state index is 11.1. The van der Waals surface area contributed by atoms with E-state index in [4.69, 9.17) is 0 Å². The molecule has 11 heavy (non-hydrogen) atoms. The summed E-state index contributed by atoms with van der Waals surface area (Å²) in [6.07, 6.45) is 3.02. The summed E-state index contributed by atoms with van der Waals surface area (Å²) in [5, 5.41) is 2.81. The molecule has 1 unspecified atom stereocenters. The van der Waals surface area contributed by atoms with Crippen LogP contribution in [0.15, 0.2) is 25.4 Å². The van der Waals surface area contributed by atoms with Crippen LogP contribution in [0.25, 0.3) is 0 Å². The first-order valence-electron chi connectivity index (χ1n) is 3.27. The lowest BCUT2D eigenvalue weighted by Crippen LogP contribution is -2.48. The molecule has 0 rings (SSSR count). The Morgan fingerprint density at radius 3 is 2.36 bits per heavy atom. The first kappa shape index (κ1) is 10.3. The second-order valence-corrected chi connectivity index (χ2v) is 2.55. The fourth-order valence-corrected chi connectivity index (χ4v) is 1.15. The van der Waals surface area contributed by atoms with Crippen LogP contribution in [0.1, 0.15) is 6.92 Å². The Balaban J connectivity index is 4.58. The van der Waals surface area contributed by atoms with Crippen molar-refractivity contribution in [3.05, 3.63) is 25.4 Å². The number of hydrogen-bond donors (Lipinski definition) is 2. The van der Waals surface area contributed by atoms with Crippen molar-refractivity contribution in [1.82, 2.24) is 5.32 Å². The van der Waals surface area contributed by atoms with E-state index in [0.29, 0.717) is 5.75 Å². The second kappa shape index (κ2) is 4.23. The largest absolute Gasteiger partial charge is 0.376 e. The van der Waals surface area contributed by atoms with Crippen LogP contribution in [0, 0.1) is 0 Å². The number of rotatable bonds is 5. The molecule has 0 saturated heterocycles. The van der Waals surface area contributed by atoms with Crippen LogP contribution in [0.4, 0.5) is 0 Å². The first-order chi connectivity index (χ1) is 5.13. The van der Waals surface area contributed by atoms with Crippen molar-refractivity contribution in [3.8, 4) is 0 Å². The molecule has 62 valence electrons. The van der Waals surface area contributed by atoms with Crippen molar-refractivity contribution in [2.75, 3.05) is 5.75 Å². The van der Waals surface area contributed by atoms with Crippen LogP contribution in [0.3, 0.4) is 0 Å². The van der Waals surface area contributed by atoms with Gasteiger partial charge in [-0.1, -0.05) is 12.7 Å². The molecule has 0 aromatic carbocycles. The average molecular weight is 171 g/mol. The number of carbonyl (C=O) groups is 1. The normalized spacial score (nSPS) is 14.7. The summed E-state index contributed by atoms with van der Waals surface area (Å²) in [4.78, 5) is 11.1. The number of ketones is 1. The second-order valence-electron chi connectivity index (χ2n) is 2.24. The minimum Gasteiger partial charge on any atom is -0.376 e. The highest BCUT2D eigenvalue weighted by molar-refractivity contribution is 7.80. The highest BCUT2D eigenvalue weighted by Gasteiger charge is 2.28. The highest BCUT2D eigenvalue weighted by atomic mass is 32.1. The molecule has 0 aliphatic carbocycles. The summed E-state index contributed by atoms with van der Waals surface area (Å²) >= 11 is 4.05. The van der Waals surface area contributed by atoms with Crippen LogP contribution >= 0.6 is 12.6 Å². The molecule has 0 aromatic heterocycles. The van der Waals surface area contributed by atoms with Gasteiger partial charge < -0.3 is 5.32 Å². The lowest BCUT2D eigenvalue weighted by Gasteiger charge is -2.25. The van der Waals surface area contributed by atoms with Gasteiger partial charge in [-0.05, 0) is 13.1 Å². The van der Waals surface area contributed by atoms with E-state index in [1.54, 1.807) is 6.08 Å². The first-order valence-corrected chi connectivity index (χ1v) is 3.90. The van der Waals surface area contributed by atoms with Crippen molar-refractivity contribution in [2.24, 2.45) is 0 Å². The maximum Gasteiger partial charge on any atom is 0.159 e. The number of carbonyl (C=O) groups excluding carboxylic acids is 1. The zero-order chi connectivity index (χ0) is 8.91. The Kier molecular flexibility index (Phi) is 3.97. The standard InChI is InChI=1S/C8H13NOS/c1-4-8(6-11,7(3)10)9-5-2/h4-5,9,11H,1-2,6H2,3H3. The smallest absolute Gasteiger partial charge is 0.159 e. The molecule has 0 bridgehead atoms. The molecule has 1 atom stereocenters. The number of hydrogen-bond acceptors (Lipinski definition) is 3. The van der Waals surface area contributed by atoms with Gasteiger partial charge >= 0.3 is 0 Å². The van der Waals surface area contributed by atoms with Gasteiger partial charge in [-0.25, -0.2) is 0 Å². The molecule has 0 amide bonds. The average Bonchev–Trinajstić information content (AvgIpc) is 2.00. The number of Topliss-reactive ketones (excluding diaryl/α,β-unsaturated/α-hetero) is 1. The van der Waals surface area contributed by atoms with Crippen LogP contribution in [-0.4, -0.2) is 17.1 Å². The van der Waals surface area contributed by atoms with Crippen molar-refractivity contribution < 1.29 is 4.79 Å². The molecule has 0 spiro atoms. The minimum absolute atomic E-state index is 0.0117. The molecule has 0 aromatic rings. The fraction of sp³-hybridized carbons (Fsp3) is 0.375. The number of thiol groups is 1. The molecule has 2 nitrogen and oxygen atoms in total. The summed E-state index contributed by atoms with van der Waals surface area (Å²) in [5.74, 6) is 0.375. The zero-order valence-electron chi connectivity index (χ0n) is 6.63. The van der Waals surface area contributed by atoms with Crippen LogP contribution in [-0.2, 0) is 4.79 Å². The Morgan fingerprint density at radius 1 is 1.73 bits per heavy atom. The lowest BCUT2D eigenvalue weighted by molar-refractivity contribution is -0.120. The Bertz CT molecular complexity index is 179. The van der Waals surface area contributed by atoms with Crippen molar-refractivity contribution >= 4 is 18.4 Å². The molecule has 0 radical (unpaired) electrons. The molecule has 0 saturated carbocycles. The monoisotopic (exact) mass is 171 g/mol. The third kappa shape index (κ3) is 2.12. The van der Waals surface area contributed by atoms with Gasteiger partial charge in [0.15, 0.2) is 5.78 Å². The third-order valence-electron chi connectivity index (χ3n) is 1.59. The molecule has 0 fully saturated rings. The maximum absolute atomic E-state index is 11.1. The Hall–Kier alpha value is -0.700. The van der Waals surface area contributed by atoms with Gasteiger partial charge in [0.1, 0.15) is 5.54 Å². The summed E-state index contributed by atoms with van der Waals surface area (Å²) in [6, 6.07) is 0. The summed E-state index contributed by atoms with van der Waals surface area (Å²) < 4.78 is 0. The van der Waals surface area contributed by atoms with Gasteiger partial charge in [-0.2, -0.15) is 12.6 Å². The van der Waals surface area contributed by atoms with Gasteiger partial charge in [0.05, 0.1) is 0 Å². The summed E-state index contributed by atoms with van der Waals surface area (Å²) in [5.41, 5.74) is -0.745. The Morgan fingerprint density at radius 2 is 2.27 bits per heavy atom. The predicted octanol–water partition coefficient (Wildman–Crippen LogP) is 1.16. The van der Waals surface area contributed by atoms with Gasteiger partial charge in [0, 0.05) is 5.75 Å². The van der Waals surface area contributed by atoms with Gasteiger partial charge in [-0.15, -0.1) is 6.58 Å². The summed E-state index contributed by atoms with van der Waals surface area (Å²) in [7, 11) is 0. The van der Waals surface area contributed by atoms with Gasteiger partial charge in [-0.3, -0.25) is 4.79 Å². The molecule has 0 aliphatic heterocycles. The fourth-order valence-electron chi connectivity index (χ4n) is 0.708. The van der Waals surface area contributed by atoms with E-state index in [1.165, 1.54) is 13.1 Å². The third-order valence-corrected chi connectivity index (χ3v) is 2.08. The molecule has 1 N–H and O–H groups in total. The van der Waals surface area contributed by atoms with Crippen molar-refractivity contribution in [1.29, 1.82) is 0 Å². The molecule has 0 heterocycles. The van der Waals surface area contributed by atoms with Crippen molar-refractivity contribution in [2.45, 2.75) is 12.5 Å². The van der Waals surface area contributed by atoms with E-state index in [9.17, 15) is 4.79 Å². The van der Waals surface area contributed by atoms with Crippen LogP contribution in [0.2, 0.25) is 0 Å². The van der Waals surface area contributed by atoms with E-state index < -0.39 is 5.54 Å². The molecular formula is C8H13NOS. The predicted molar refractivity (Wildman–Crippen MR) is 50.8 cm³/mol. The van der Waals surface area contributed by atoms with E-state index in [-0.39, 0.29) is 5.78 Å². The summed E-state index contributed by atoms with van der Waals surface area (Å²) in [6.45, 7) is 8.54. The molecular weight excluding hydrogens is 158 g/mol. The van der Waals surface area contributed by atoms with Crippen molar-refractivity contribution in [3.63, 3.8) is 0 Å². The van der Waals surface area contributed by atoms with E-state index in [1.807, 2.05) is 0 Å². The SMILES string of the molecule is C=CNC(C=C)(CS)C(C)=O. The zero-order valence-corrected chi connectivity index (χ0v) is 7.53. The number of nitrogens with one attached hydrogen (secondary N) is 1. The van der Waals surface area contributed by atoms with E-state index in [0.717, 1.165) is 0 Å². The van der Waals surface area contributed by atoms with E-state index in [2.05, 4.69) is 31.1 Å². The molecule has 3 heteroatoms. The lowest BCUT2D eigenvalue weighted by atomic mass is 9.98. The van der Waals surface area contributed by atoms with Gasteiger partial charge in [0.2, 0.25) is 0 Å². The van der Waals surface area contributed by atoms with Gasteiger partial charge in [0.25, 0.3) is 0 Å². The topological polar surface area (TPSA) is 29.1 Å². The van der Waals surface area contributed by atoms with Crippen LogP contribution in [0.5, 0.6) is 0 Å². The Labute approximate surface area is 72.8 Å². The highest BCUT2D eigenvalue weighted by Crippen LogP contribution is 2.09. The molecule has 0 aliphatic rings. The minimum atomic E-state index is -0.745.